The van der Waals surface area contributed by atoms with Crippen molar-refractivity contribution in [2.24, 2.45) is 0 Å². The summed E-state index contributed by atoms with van der Waals surface area (Å²) in [5, 5.41) is 0. The summed E-state index contributed by atoms with van der Waals surface area (Å²) < 4.78 is 30.3. The molecule has 0 spiro atoms. The van der Waals surface area contributed by atoms with Crippen LogP contribution in [0.25, 0.3) is 0 Å². The van der Waals surface area contributed by atoms with Gasteiger partial charge >= 0.3 is 51.4 Å². The van der Waals surface area contributed by atoms with Crippen LogP contribution in [0.4, 0.5) is 0 Å². The van der Waals surface area contributed by atoms with Crippen LogP contribution in [0.15, 0.2) is 0 Å². The van der Waals surface area contributed by atoms with E-state index in [2.05, 4.69) is 6.92 Å². The van der Waals surface area contributed by atoms with E-state index in [1.54, 1.807) is 0 Å². The number of hydrogen-bond donors (Lipinski definition) is 0. The number of hydrogen-bond acceptors (Lipinski definition) is 3. The molecule has 12 heavy (non-hydrogen) atoms. The van der Waals surface area contributed by atoms with E-state index < -0.39 is 10.1 Å². The minimum atomic E-state index is -3.96. The van der Waals surface area contributed by atoms with E-state index in [0.29, 0.717) is 6.42 Å². The fourth-order valence-corrected chi connectivity index (χ4v) is 1.44. The van der Waals surface area contributed by atoms with Gasteiger partial charge in [0.15, 0.2) is 0 Å². The van der Waals surface area contributed by atoms with E-state index in [4.69, 9.17) is 0 Å². The molecular weight excluding hydrogens is 203 g/mol. The van der Waals surface area contributed by atoms with E-state index in [0.717, 1.165) is 25.7 Å². The molecule has 68 valence electrons. The van der Waals surface area contributed by atoms with Gasteiger partial charge in [0, 0.05) is 5.75 Å². The van der Waals surface area contributed by atoms with Crippen molar-refractivity contribution in [2.45, 2.75) is 39.0 Å². The van der Waals surface area contributed by atoms with Crippen LogP contribution in [0, 0.1) is 0 Å². The summed E-state index contributed by atoms with van der Waals surface area (Å²) in [5.41, 5.74) is 0. The summed E-state index contributed by atoms with van der Waals surface area (Å²) in [6, 6.07) is 0. The van der Waals surface area contributed by atoms with Crippen LogP contribution in [0.2, 0.25) is 0 Å². The van der Waals surface area contributed by atoms with Gasteiger partial charge < -0.3 is 4.55 Å². The monoisotopic (exact) mass is 218 g/mol. The molecule has 0 radical (unpaired) electrons. The Bertz CT molecular complexity index is 177. The Morgan fingerprint density at radius 3 is 2.00 bits per heavy atom. The third kappa shape index (κ3) is 14.1. The van der Waals surface area contributed by atoms with Gasteiger partial charge in [-0.3, -0.25) is 0 Å². The Hall–Kier alpha value is 1.55. The topological polar surface area (TPSA) is 57.2 Å². The van der Waals surface area contributed by atoms with E-state index >= 15 is 0 Å². The van der Waals surface area contributed by atoms with Crippen molar-refractivity contribution in [2.75, 3.05) is 5.75 Å². The molecule has 0 aromatic carbocycles. The van der Waals surface area contributed by atoms with Gasteiger partial charge in [0.1, 0.15) is 0 Å². The van der Waals surface area contributed by atoms with E-state index in [1.807, 2.05) is 0 Å². The SMILES string of the molecule is CCCCCCCS(=O)(=O)[O-].[K+]. The largest absolute Gasteiger partial charge is 1.00 e. The maximum absolute atomic E-state index is 10.1. The van der Waals surface area contributed by atoms with E-state index in [1.165, 1.54) is 0 Å². The molecule has 0 aliphatic rings. The van der Waals surface area contributed by atoms with Crippen molar-refractivity contribution in [1.82, 2.24) is 0 Å². The fraction of sp³-hybridized carbons (Fsp3) is 1.00. The summed E-state index contributed by atoms with van der Waals surface area (Å²) in [6.07, 6.45) is 4.66. The standard InChI is InChI=1S/C7H16O3S.K/c1-2-3-4-5-6-7-11(8,9)10;/h2-7H2,1H3,(H,8,9,10);/q;+1/p-1. The molecule has 0 amide bonds. The van der Waals surface area contributed by atoms with Crippen LogP contribution in [-0.4, -0.2) is 18.7 Å². The summed E-state index contributed by atoms with van der Waals surface area (Å²) in [6.45, 7) is 2.09. The van der Waals surface area contributed by atoms with Crippen LogP contribution in [0.1, 0.15) is 39.0 Å². The number of unbranched alkanes of at least 4 members (excludes halogenated alkanes) is 4. The maximum atomic E-state index is 10.1. The summed E-state index contributed by atoms with van der Waals surface area (Å²) in [5.74, 6) is -0.198. The maximum Gasteiger partial charge on any atom is 1.00 e. The van der Waals surface area contributed by atoms with Gasteiger partial charge in [0.2, 0.25) is 0 Å². The Labute approximate surface area is 117 Å². The normalized spacial score (nSPS) is 10.8. The van der Waals surface area contributed by atoms with Gasteiger partial charge in [-0.2, -0.15) is 0 Å². The molecule has 0 rings (SSSR count). The predicted octanol–water partition coefficient (Wildman–Crippen LogP) is -1.49. The van der Waals surface area contributed by atoms with Crippen molar-refractivity contribution in [1.29, 1.82) is 0 Å². The first-order valence-corrected chi connectivity index (χ1v) is 5.57. The smallest absolute Gasteiger partial charge is 0.748 e. The van der Waals surface area contributed by atoms with Crippen LogP contribution < -0.4 is 51.4 Å². The molecule has 0 fully saturated rings. The van der Waals surface area contributed by atoms with E-state index in [9.17, 15) is 13.0 Å². The van der Waals surface area contributed by atoms with Crippen molar-refractivity contribution in [3.63, 3.8) is 0 Å². The average molecular weight is 218 g/mol. The Morgan fingerprint density at radius 2 is 1.58 bits per heavy atom. The second kappa shape index (κ2) is 9.12. The van der Waals surface area contributed by atoms with Gasteiger partial charge in [-0.25, -0.2) is 8.42 Å². The second-order valence-corrected chi connectivity index (χ2v) is 4.20. The molecule has 5 heteroatoms. The Balaban J connectivity index is 0. The third-order valence-corrected chi connectivity index (χ3v) is 2.29. The first kappa shape index (κ1) is 16.0. The summed E-state index contributed by atoms with van der Waals surface area (Å²) in [7, 11) is -3.96. The zero-order valence-electron chi connectivity index (χ0n) is 7.88. The van der Waals surface area contributed by atoms with Crippen molar-refractivity contribution in [3.8, 4) is 0 Å². The zero-order chi connectivity index (χ0) is 8.74. The van der Waals surface area contributed by atoms with Crippen molar-refractivity contribution < 1.29 is 64.4 Å². The first-order valence-electron chi connectivity index (χ1n) is 4.00. The van der Waals surface area contributed by atoms with Crippen LogP contribution >= 0.6 is 0 Å². The fourth-order valence-electron chi connectivity index (χ4n) is 0.882. The van der Waals surface area contributed by atoms with Gasteiger partial charge in [0.25, 0.3) is 0 Å². The van der Waals surface area contributed by atoms with Gasteiger partial charge in [-0.05, 0) is 6.42 Å². The van der Waals surface area contributed by atoms with Crippen LogP contribution in [0.5, 0.6) is 0 Å². The third-order valence-electron chi connectivity index (χ3n) is 1.50. The molecule has 0 N–H and O–H groups in total. The van der Waals surface area contributed by atoms with Gasteiger partial charge in [-0.15, -0.1) is 0 Å². The van der Waals surface area contributed by atoms with Gasteiger partial charge in [0.05, 0.1) is 10.1 Å². The molecule has 0 atom stereocenters. The summed E-state index contributed by atoms with van der Waals surface area (Å²) >= 11 is 0. The molecule has 0 saturated heterocycles. The molecule has 0 aromatic rings. The first-order chi connectivity index (χ1) is 5.06. The molecule has 0 bridgehead atoms. The Kier molecular flexibility index (Phi) is 12.1. The molecule has 3 nitrogen and oxygen atoms in total. The molecule has 0 heterocycles. The number of rotatable bonds is 6. The van der Waals surface area contributed by atoms with E-state index in [-0.39, 0.29) is 57.1 Å². The second-order valence-electron chi connectivity index (χ2n) is 2.68. The van der Waals surface area contributed by atoms with Crippen molar-refractivity contribution >= 4 is 10.1 Å². The van der Waals surface area contributed by atoms with Crippen LogP contribution in [-0.2, 0) is 10.1 Å². The molecule has 0 unspecified atom stereocenters. The van der Waals surface area contributed by atoms with Crippen LogP contribution in [0.3, 0.4) is 0 Å². The molecule has 0 aliphatic heterocycles. The Morgan fingerprint density at radius 1 is 1.08 bits per heavy atom. The van der Waals surface area contributed by atoms with Gasteiger partial charge in [-0.1, -0.05) is 32.6 Å². The molecule has 0 aromatic heterocycles. The predicted molar refractivity (Wildman–Crippen MR) is 43.3 cm³/mol. The molecule has 0 aliphatic carbocycles. The van der Waals surface area contributed by atoms with Crippen molar-refractivity contribution in [3.05, 3.63) is 0 Å². The average Bonchev–Trinajstić information content (AvgIpc) is 1.85. The summed E-state index contributed by atoms with van der Waals surface area (Å²) in [4.78, 5) is 0. The minimum absolute atomic E-state index is 0. The molecular formula is C7H15KO3S. The quantitative estimate of drug-likeness (QED) is 0.310. The minimum Gasteiger partial charge on any atom is -0.748 e. The zero-order valence-corrected chi connectivity index (χ0v) is 11.8. The molecule has 0 saturated carbocycles.